The summed E-state index contributed by atoms with van der Waals surface area (Å²) in [6.07, 6.45) is 4.94. The molecule has 0 amide bonds. The van der Waals surface area contributed by atoms with Gasteiger partial charge >= 0.3 is 0 Å². The Labute approximate surface area is 108 Å². The molecule has 0 aromatic heterocycles. The van der Waals surface area contributed by atoms with E-state index in [1.165, 1.54) is 38.9 Å². The third-order valence-electron chi connectivity index (χ3n) is 3.84. The van der Waals surface area contributed by atoms with Gasteiger partial charge in [-0.15, -0.1) is 0 Å². The van der Waals surface area contributed by atoms with Gasteiger partial charge in [-0.3, -0.25) is 0 Å². The van der Waals surface area contributed by atoms with Crippen LogP contribution in [0.15, 0.2) is 12.1 Å². The van der Waals surface area contributed by atoms with Crippen LogP contribution in [0.4, 0.5) is 15.8 Å². The summed E-state index contributed by atoms with van der Waals surface area (Å²) in [5.74, 6) is 0.186. The average Bonchev–Trinajstić information content (AvgIpc) is 2.76. The van der Waals surface area contributed by atoms with Crippen LogP contribution in [0.1, 0.15) is 32.6 Å². The fourth-order valence-electron chi connectivity index (χ4n) is 2.59. The summed E-state index contributed by atoms with van der Waals surface area (Å²) in [6.45, 7) is 3.04. The molecule has 0 radical (unpaired) electrons. The van der Waals surface area contributed by atoms with E-state index in [1.54, 1.807) is 6.07 Å². The third-order valence-corrected chi connectivity index (χ3v) is 3.84. The van der Waals surface area contributed by atoms with E-state index in [9.17, 15) is 4.39 Å². The largest absolute Gasteiger partial charge is 0.495 e. The number of halogens is 1. The van der Waals surface area contributed by atoms with Crippen molar-refractivity contribution in [2.45, 2.75) is 32.6 Å². The standard InChI is InChI=1S/C14H21FN2O/c1-14(5-3-4-6-14)9-17-12-8-13(18-2)11(16)7-10(12)15/h7-8,17H,3-6,9,16H2,1-2H3. The zero-order valence-corrected chi connectivity index (χ0v) is 11.1. The van der Waals surface area contributed by atoms with Crippen molar-refractivity contribution < 1.29 is 9.13 Å². The Morgan fingerprint density at radius 2 is 2.06 bits per heavy atom. The smallest absolute Gasteiger partial charge is 0.148 e. The monoisotopic (exact) mass is 252 g/mol. The van der Waals surface area contributed by atoms with Gasteiger partial charge in [-0.05, 0) is 18.3 Å². The molecule has 0 unspecified atom stereocenters. The molecule has 0 bridgehead atoms. The van der Waals surface area contributed by atoms with Crippen LogP contribution < -0.4 is 15.8 Å². The molecule has 1 fully saturated rings. The molecule has 4 heteroatoms. The van der Waals surface area contributed by atoms with E-state index in [1.807, 2.05) is 0 Å². The van der Waals surface area contributed by atoms with Crippen LogP contribution in [0.25, 0.3) is 0 Å². The molecule has 18 heavy (non-hydrogen) atoms. The molecule has 0 saturated heterocycles. The Balaban J connectivity index is 2.09. The van der Waals surface area contributed by atoms with Crippen molar-refractivity contribution in [2.24, 2.45) is 5.41 Å². The lowest BCUT2D eigenvalue weighted by atomic mass is 9.89. The lowest BCUT2D eigenvalue weighted by molar-refractivity contribution is 0.361. The molecule has 2 rings (SSSR count). The van der Waals surface area contributed by atoms with Crippen molar-refractivity contribution in [3.8, 4) is 5.75 Å². The number of nitrogen functional groups attached to an aromatic ring is 1. The Hall–Kier alpha value is -1.45. The Morgan fingerprint density at radius 1 is 1.39 bits per heavy atom. The summed E-state index contributed by atoms with van der Waals surface area (Å²) in [6, 6.07) is 2.93. The predicted octanol–water partition coefficient (Wildman–Crippen LogP) is 3.41. The number of rotatable bonds is 4. The fourth-order valence-corrected chi connectivity index (χ4v) is 2.59. The second-order valence-corrected chi connectivity index (χ2v) is 5.45. The minimum Gasteiger partial charge on any atom is -0.495 e. The van der Waals surface area contributed by atoms with Gasteiger partial charge in [-0.2, -0.15) is 0 Å². The Morgan fingerprint density at radius 3 is 2.67 bits per heavy atom. The van der Waals surface area contributed by atoms with Gasteiger partial charge in [0.25, 0.3) is 0 Å². The number of hydrogen-bond acceptors (Lipinski definition) is 3. The van der Waals surface area contributed by atoms with Crippen LogP contribution in [0.3, 0.4) is 0 Å². The van der Waals surface area contributed by atoms with E-state index < -0.39 is 0 Å². The number of nitrogens with one attached hydrogen (secondary N) is 1. The van der Waals surface area contributed by atoms with E-state index in [0.717, 1.165) is 6.54 Å². The molecule has 0 spiro atoms. The number of ether oxygens (including phenoxy) is 1. The first kappa shape index (κ1) is 13.0. The quantitative estimate of drug-likeness (QED) is 0.807. The zero-order valence-electron chi connectivity index (χ0n) is 11.1. The topological polar surface area (TPSA) is 47.3 Å². The first-order valence-electron chi connectivity index (χ1n) is 6.41. The third kappa shape index (κ3) is 2.68. The lowest BCUT2D eigenvalue weighted by Gasteiger charge is -2.24. The van der Waals surface area contributed by atoms with Crippen molar-refractivity contribution >= 4 is 11.4 Å². The molecule has 1 aromatic carbocycles. The van der Waals surface area contributed by atoms with E-state index >= 15 is 0 Å². The average molecular weight is 252 g/mol. The molecule has 0 atom stereocenters. The second kappa shape index (κ2) is 5.04. The van der Waals surface area contributed by atoms with Gasteiger partial charge in [0.2, 0.25) is 0 Å². The van der Waals surface area contributed by atoms with Gasteiger partial charge in [-0.1, -0.05) is 19.8 Å². The minimum atomic E-state index is -0.324. The summed E-state index contributed by atoms with van der Waals surface area (Å²) in [5, 5.41) is 3.19. The highest BCUT2D eigenvalue weighted by molar-refractivity contribution is 5.62. The molecule has 1 aliphatic rings. The summed E-state index contributed by atoms with van der Waals surface area (Å²) in [4.78, 5) is 0. The summed E-state index contributed by atoms with van der Waals surface area (Å²) in [7, 11) is 1.53. The zero-order chi connectivity index (χ0) is 13.2. The molecule has 100 valence electrons. The van der Waals surface area contributed by atoms with Crippen LogP contribution in [-0.4, -0.2) is 13.7 Å². The maximum absolute atomic E-state index is 13.8. The van der Waals surface area contributed by atoms with E-state index in [2.05, 4.69) is 12.2 Å². The summed E-state index contributed by atoms with van der Waals surface area (Å²) in [5.41, 5.74) is 6.72. The van der Waals surface area contributed by atoms with Crippen LogP contribution in [0, 0.1) is 11.2 Å². The van der Waals surface area contributed by atoms with Crippen molar-refractivity contribution in [1.82, 2.24) is 0 Å². The summed E-state index contributed by atoms with van der Waals surface area (Å²) >= 11 is 0. The van der Waals surface area contributed by atoms with Gasteiger partial charge in [0.05, 0.1) is 18.5 Å². The Kier molecular flexibility index (Phi) is 3.64. The second-order valence-electron chi connectivity index (χ2n) is 5.45. The number of benzene rings is 1. The van der Waals surface area contributed by atoms with Crippen LogP contribution in [-0.2, 0) is 0 Å². The van der Waals surface area contributed by atoms with E-state index in [4.69, 9.17) is 10.5 Å². The van der Waals surface area contributed by atoms with Crippen molar-refractivity contribution in [3.63, 3.8) is 0 Å². The number of methoxy groups -OCH3 is 1. The molecule has 3 nitrogen and oxygen atoms in total. The van der Waals surface area contributed by atoms with Gasteiger partial charge in [0.1, 0.15) is 11.6 Å². The van der Waals surface area contributed by atoms with Crippen LogP contribution >= 0.6 is 0 Å². The highest BCUT2D eigenvalue weighted by atomic mass is 19.1. The van der Waals surface area contributed by atoms with Gasteiger partial charge < -0.3 is 15.8 Å². The number of anilines is 2. The molecule has 0 heterocycles. The first-order chi connectivity index (χ1) is 8.54. The highest BCUT2D eigenvalue weighted by Crippen LogP contribution is 2.38. The van der Waals surface area contributed by atoms with Gasteiger partial charge in [0, 0.05) is 18.7 Å². The van der Waals surface area contributed by atoms with Crippen molar-refractivity contribution in [2.75, 3.05) is 24.7 Å². The fraction of sp³-hybridized carbons (Fsp3) is 0.571. The van der Waals surface area contributed by atoms with Crippen LogP contribution in [0.2, 0.25) is 0 Å². The van der Waals surface area contributed by atoms with Gasteiger partial charge in [0.15, 0.2) is 0 Å². The molecule has 3 N–H and O–H groups in total. The van der Waals surface area contributed by atoms with Crippen molar-refractivity contribution in [3.05, 3.63) is 17.9 Å². The van der Waals surface area contributed by atoms with E-state index in [-0.39, 0.29) is 11.2 Å². The molecule has 0 aliphatic heterocycles. The number of hydrogen-bond donors (Lipinski definition) is 2. The van der Waals surface area contributed by atoms with Crippen LogP contribution in [0.5, 0.6) is 5.75 Å². The molecular weight excluding hydrogens is 231 g/mol. The Bertz CT molecular complexity index is 428. The first-order valence-corrected chi connectivity index (χ1v) is 6.41. The maximum atomic E-state index is 13.8. The molecular formula is C14H21FN2O. The SMILES string of the molecule is COc1cc(NCC2(C)CCCC2)c(F)cc1N. The number of nitrogens with two attached hydrogens (primary N) is 1. The molecule has 1 aromatic rings. The lowest BCUT2D eigenvalue weighted by Crippen LogP contribution is -2.23. The summed E-state index contributed by atoms with van der Waals surface area (Å²) < 4.78 is 18.9. The van der Waals surface area contributed by atoms with Crippen molar-refractivity contribution in [1.29, 1.82) is 0 Å². The predicted molar refractivity (Wildman–Crippen MR) is 72.4 cm³/mol. The van der Waals surface area contributed by atoms with E-state index in [0.29, 0.717) is 17.1 Å². The normalized spacial score (nSPS) is 17.7. The minimum absolute atomic E-state index is 0.279. The van der Waals surface area contributed by atoms with Gasteiger partial charge in [-0.25, -0.2) is 4.39 Å². The highest BCUT2D eigenvalue weighted by Gasteiger charge is 2.28. The molecule has 1 aliphatic carbocycles. The molecule has 1 saturated carbocycles. The maximum Gasteiger partial charge on any atom is 0.148 e.